The molecule has 1 heterocycles. The Morgan fingerprint density at radius 2 is 2.00 bits per heavy atom. The summed E-state index contributed by atoms with van der Waals surface area (Å²) in [6.07, 6.45) is 1.74. The van der Waals surface area contributed by atoms with Crippen molar-refractivity contribution in [3.8, 4) is 0 Å². The number of rotatable bonds is 3. The summed E-state index contributed by atoms with van der Waals surface area (Å²) in [4.78, 5) is 4.33. The summed E-state index contributed by atoms with van der Waals surface area (Å²) in [5.41, 5.74) is 5.40. The van der Waals surface area contributed by atoms with E-state index in [-0.39, 0.29) is 11.1 Å². The van der Waals surface area contributed by atoms with Gasteiger partial charge < -0.3 is 0 Å². The van der Waals surface area contributed by atoms with Crippen molar-refractivity contribution < 1.29 is 4.39 Å². The Morgan fingerprint density at radius 3 is 2.76 bits per heavy atom. The Balaban J connectivity index is 2.16. The van der Waals surface area contributed by atoms with Crippen LogP contribution in [0.2, 0.25) is 5.02 Å². The third-order valence-corrected chi connectivity index (χ3v) is 3.72. The fraction of sp³-hybridized carbons (Fsp3) is 0.0625. The summed E-state index contributed by atoms with van der Waals surface area (Å²) in [5, 5.41) is 1.06. The maximum absolute atomic E-state index is 13.3. The second-order valence-electron chi connectivity index (χ2n) is 4.69. The van der Waals surface area contributed by atoms with E-state index in [4.69, 9.17) is 17.4 Å². The average Bonchev–Trinajstić information content (AvgIpc) is 2.52. The van der Waals surface area contributed by atoms with Crippen LogP contribution < -0.4 is 11.3 Å². The van der Waals surface area contributed by atoms with Gasteiger partial charge in [-0.1, -0.05) is 35.9 Å². The van der Waals surface area contributed by atoms with Crippen LogP contribution in [0.5, 0.6) is 0 Å². The number of fused-ring (bicyclic) bond motifs is 1. The number of nitrogens with one attached hydrogen (secondary N) is 1. The molecule has 3 aromatic rings. The van der Waals surface area contributed by atoms with E-state index >= 15 is 0 Å². The molecule has 0 saturated heterocycles. The van der Waals surface area contributed by atoms with Gasteiger partial charge in [0.15, 0.2) is 0 Å². The van der Waals surface area contributed by atoms with Gasteiger partial charge in [0.1, 0.15) is 5.82 Å². The summed E-state index contributed by atoms with van der Waals surface area (Å²) in [6.45, 7) is 0. The number of nitrogens with zero attached hydrogens (tertiary/aromatic N) is 1. The number of pyridine rings is 1. The Bertz CT molecular complexity index is 786. The monoisotopic (exact) mass is 301 g/mol. The number of nitrogens with two attached hydrogens (primary N) is 1. The van der Waals surface area contributed by atoms with E-state index in [1.54, 1.807) is 18.3 Å². The number of aromatic nitrogens is 1. The highest BCUT2D eigenvalue weighted by atomic mass is 35.5. The predicted molar refractivity (Wildman–Crippen MR) is 82.3 cm³/mol. The molecule has 3 nitrogen and oxygen atoms in total. The smallest absolute Gasteiger partial charge is 0.141 e. The maximum Gasteiger partial charge on any atom is 0.141 e. The fourth-order valence-corrected chi connectivity index (χ4v) is 2.63. The van der Waals surface area contributed by atoms with Crippen LogP contribution in [0.15, 0.2) is 54.7 Å². The molecule has 0 aliphatic carbocycles. The molecule has 21 heavy (non-hydrogen) atoms. The standard InChI is InChI=1S/C16H13ClFN3/c17-13-9-10(6-7-14(13)18)16(21-19)12-3-1-5-15-11(12)4-2-8-20-15/h1-9,16,21H,19H2. The van der Waals surface area contributed by atoms with Crippen LogP contribution in [0, 0.1) is 5.82 Å². The predicted octanol–water partition coefficient (Wildman–Crippen LogP) is 3.58. The van der Waals surface area contributed by atoms with E-state index in [1.165, 1.54) is 6.07 Å². The quantitative estimate of drug-likeness (QED) is 0.574. The van der Waals surface area contributed by atoms with Crippen molar-refractivity contribution in [1.29, 1.82) is 0 Å². The molecule has 2 aromatic carbocycles. The lowest BCUT2D eigenvalue weighted by molar-refractivity contribution is 0.617. The van der Waals surface area contributed by atoms with Crippen LogP contribution >= 0.6 is 11.6 Å². The Kier molecular flexibility index (Phi) is 3.84. The number of benzene rings is 2. The number of hydrogen-bond donors (Lipinski definition) is 2. The van der Waals surface area contributed by atoms with Crippen molar-refractivity contribution in [2.75, 3.05) is 0 Å². The van der Waals surface area contributed by atoms with Crippen LogP contribution in [0.1, 0.15) is 17.2 Å². The molecule has 1 aromatic heterocycles. The van der Waals surface area contributed by atoms with E-state index in [1.807, 2.05) is 30.3 Å². The van der Waals surface area contributed by atoms with Crippen LogP contribution in [0.3, 0.4) is 0 Å². The summed E-state index contributed by atoms with van der Waals surface area (Å²) >= 11 is 5.86. The fourth-order valence-electron chi connectivity index (χ4n) is 2.44. The zero-order valence-electron chi connectivity index (χ0n) is 11.1. The van der Waals surface area contributed by atoms with E-state index in [9.17, 15) is 4.39 Å². The molecule has 1 atom stereocenters. The molecule has 0 radical (unpaired) electrons. The minimum Gasteiger partial charge on any atom is -0.271 e. The first kappa shape index (κ1) is 13.9. The second-order valence-corrected chi connectivity index (χ2v) is 5.10. The summed E-state index contributed by atoms with van der Waals surface area (Å²) in [7, 11) is 0. The Hall–Kier alpha value is -2.01. The minimum absolute atomic E-state index is 0.0751. The van der Waals surface area contributed by atoms with Crippen molar-refractivity contribution in [1.82, 2.24) is 10.4 Å². The third kappa shape index (κ3) is 2.61. The molecule has 0 aliphatic heterocycles. The van der Waals surface area contributed by atoms with Crippen molar-refractivity contribution in [2.45, 2.75) is 6.04 Å². The second kappa shape index (κ2) is 5.77. The zero-order chi connectivity index (χ0) is 14.8. The number of hydrazine groups is 1. The van der Waals surface area contributed by atoms with Crippen molar-refractivity contribution >= 4 is 22.5 Å². The molecule has 0 spiro atoms. The number of hydrogen-bond acceptors (Lipinski definition) is 3. The van der Waals surface area contributed by atoms with Gasteiger partial charge in [0.25, 0.3) is 0 Å². The molecule has 5 heteroatoms. The SMILES string of the molecule is NNC(c1ccc(F)c(Cl)c1)c1cccc2ncccc12. The van der Waals surface area contributed by atoms with Gasteiger partial charge in [-0.05, 0) is 35.4 Å². The van der Waals surface area contributed by atoms with Gasteiger partial charge in [0, 0.05) is 11.6 Å². The molecule has 0 fully saturated rings. The molecule has 1 unspecified atom stereocenters. The summed E-state index contributed by atoms with van der Waals surface area (Å²) in [6, 6.07) is 14.0. The van der Waals surface area contributed by atoms with E-state index in [0.29, 0.717) is 0 Å². The average molecular weight is 302 g/mol. The first-order valence-corrected chi connectivity index (χ1v) is 6.83. The Labute approximate surface area is 126 Å². The molecule has 0 saturated carbocycles. The van der Waals surface area contributed by atoms with Crippen LogP contribution in [0.25, 0.3) is 10.9 Å². The van der Waals surface area contributed by atoms with Crippen LogP contribution in [-0.4, -0.2) is 4.98 Å². The lowest BCUT2D eigenvalue weighted by atomic mass is 9.95. The third-order valence-electron chi connectivity index (χ3n) is 3.43. The van der Waals surface area contributed by atoms with Crippen LogP contribution in [0.4, 0.5) is 4.39 Å². The van der Waals surface area contributed by atoms with Gasteiger partial charge in [-0.2, -0.15) is 0 Å². The van der Waals surface area contributed by atoms with Crippen molar-refractivity contribution in [2.24, 2.45) is 5.84 Å². The molecule has 106 valence electrons. The highest BCUT2D eigenvalue weighted by Gasteiger charge is 2.16. The molecule has 3 rings (SSSR count). The summed E-state index contributed by atoms with van der Waals surface area (Å²) in [5.74, 6) is 5.26. The van der Waals surface area contributed by atoms with E-state index in [0.717, 1.165) is 22.0 Å². The van der Waals surface area contributed by atoms with Crippen LogP contribution in [-0.2, 0) is 0 Å². The van der Waals surface area contributed by atoms with E-state index in [2.05, 4.69) is 10.4 Å². The molecule has 0 amide bonds. The van der Waals surface area contributed by atoms with Gasteiger partial charge in [0.05, 0.1) is 16.6 Å². The van der Waals surface area contributed by atoms with Gasteiger partial charge in [-0.15, -0.1) is 0 Å². The Morgan fingerprint density at radius 1 is 1.14 bits per heavy atom. The van der Waals surface area contributed by atoms with Gasteiger partial charge in [-0.25, -0.2) is 9.82 Å². The van der Waals surface area contributed by atoms with Crippen molar-refractivity contribution in [3.63, 3.8) is 0 Å². The number of halogens is 2. The first-order valence-electron chi connectivity index (χ1n) is 6.45. The normalized spacial score (nSPS) is 12.5. The largest absolute Gasteiger partial charge is 0.271 e. The minimum atomic E-state index is -0.448. The molecular weight excluding hydrogens is 289 g/mol. The van der Waals surface area contributed by atoms with Gasteiger partial charge >= 0.3 is 0 Å². The lowest BCUT2D eigenvalue weighted by Crippen LogP contribution is -2.29. The topological polar surface area (TPSA) is 50.9 Å². The maximum atomic E-state index is 13.3. The van der Waals surface area contributed by atoms with Gasteiger partial charge in [-0.3, -0.25) is 10.8 Å². The van der Waals surface area contributed by atoms with Crippen molar-refractivity contribution in [3.05, 3.63) is 76.7 Å². The van der Waals surface area contributed by atoms with E-state index < -0.39 is 5.82 Å². The molecule has 3 N–H and O–H groups in total. The highest BCUT2D eigenvalue weighted by molar-refractivity contribution is 6.30. The lowest BCUT2D eigenvalue weighted by Gasteiger charge is -2.19. The summed E-state index contributed by atoms with van der Waals surface area (Å²) < 4.78 is 13.3. The molecule has 0 aliphatic rings. The zero-order valence-corrected chi connectivity index (χ0v) is 11.8. The molecular formula is C16H13ClFN3. The highest BCUT2D eigenvalue weighted by Crippen LogP contribution is 2.29. The molecule has 0 bridgehead atoms. The van der Waals surface area contributed by atoms with Gasteiger partial charge in [0.2, 0.25) is 0 Å². The first-order chi connectivity index (χ1) is 10.2.